The lowest BCUT2D eigenvalue weighted by molar-refractivity contribution is -0.126. The van der Waals surface area contributed by atoms with E-state index < -0.39 is 0 Å². The Labute approximate surface area is 141 Å². The number of carbonyl (C=O) groups excluding carboxylic acids is 2. The predicted molar refractivity (Wildman–Crippen MR) is 91.5 cm³/mol. The fourth-order valence-electron chi connectivity index (χ4n) is 2.83. The van der Waals surface area contributed by atoms with E-state index in [1.165, 1.54) is 11.3 Å². The van der Waals surface area contributed by atoms with E-state index in [-0.39, 0.29) is 17.7 Å². The molecule has 7 heteroatoms. The second-order valence-electron chi connectivity index (χ2n) is 5.94. The van der Waals surface area contributed by atoms with E-state index in [9.17, 15) is 9.59 Å². The highest BCUT2D eigenvalue weighted by Gasteiger charge is 2.30. The monoisotopic (exact) mass is 338 g/mol. The molecule has 0 spiro atoms. The smallest absolute Gasteiger partial charge is 0.265 e. The number of piperidine rings is 1. The summed E-state index contributed by atoms with van der Waals surface area (Å²) in [6.07, 6.45) is 3.60. The molecule has 0 saturated carbocycles. The number of carbonyl (C=O) groups is 2. The second kappa shape index (κ2) is 8.40. The molecule has 23 heavy (non-hydrogen) atoms. The van der Waals surface area contributed by atoms with Crippen LogP contribution in [0, 0.1) is 12.8 Å². The molecule has 0 bridgehead atoms. The number of hydrogen-bond donors (Lipinski definition) is 2. The lowest BCUT2D eigenvalue weighted by atomic mass is 9.97. The fourth-order valence-corrected chi connectivity index (χ4v) is 3.96. The highest BCUT2D eigenvalue weighted by molar-refractivity contribution is 7.13. The number of nitrogens with zero attached hydrogens (tertiary/aromatic N) is 2. The Morgan fingerprint density at radius 1 is 1.48 bits per heavy atom. The van der Waals surface area contributed by atoms with Gasteiger partial charge in [0.05, 0.1) is 16.6 Å². The Bertz CT molecular complexity index is 558. The van der Waals surface area contributed by atoms with Crippen LogP contribution in [0.15, 0.2) is 0 Å². The van der Waals surface area contributed by atoms with Crippen LogP contribution in [0.4, 0.5) is 0 Å². The average Bonchev–Trinajstić information content (AvgIpc) is 2.93. The third-order valence-electron chi connectivity index (χ3n) is 4.02. The van der Waals surface area contributed by atoms with Crippen molar-refractivity contribution in [2.24, 2.45) is 11.7 Å². The zero-order chi connectivity index (χ0) is 16.8. The maximum absolute atomic E-state index is 12.8. The van der Waals surface area contributed by atoms with Crippen LogP contribution < -0.4 is 11.1 Å². The molecule has 1 unspecified atom stereocenters. The normalized spacial score (nSPS) is 18.0. The van der Waals surface area contributed by atoms with Crippen LogP contribution in [0.3, 0.4) is 0 Å². The van der Waals surface area contributed by atoms with Crippen molar-refractivity contribution in [3.63, 3.8) is 0 Å². The molecule has 1 fully saturated rings. The summed E-state index contributed by atoms with van der Waals surface area (Å²) in [7, 11) is 0. The average molecular weight is 338 g/mol. The van der Waals surface area contributed by atoms with Crippen LogP contribution in [0.1, 0.15) is 46.6 Å². The molecule has 1 aromatic rings. The molecule has 128 valence electrons. The molecule has 1 aliphatic rings. The van der Waals surface area contributed by atoms with Crippen LogP contribution in [-0.2, 0) is 11.2 Å². The SMILES string of the molecule is CCCc1nc(C)c(C(=O)N2CCCC(C(=O)NCCN)C2)s1. The Kier molecular flexibility index (Phi) is 6.53. The molecule has 2 heterocycles. The zero-order valence-electron chi connectivity index (χ0n) is 13.9. The number of likely N-dealkylation sites (tertiary alicyclic amines) is 1. The van der Waals surface area contributed by atoms with Crippen LogP contribution in [0.2, 0.25) is 0 Å². The molecule has 1 aliphatic heterocycles. The van der Waals surface area contributed by atoms with Gasteiger partial charge in [0.25, 0.3) is 5.91 Å². The van der Waals surface area contributed by atoms with Gasteiger partial charge in [-0.25, -0.2) is 4.98 Å². The van der Waals surface area contributed by atoms with E-state index in [0.29, 0.717) is 26.2 Å². The Morgan fingerprint density at radius 2 is 2.26 bits per heavy atom. The van der Waals surface area contributed by atoms with Gasteiger partial charge in [-0.1, -0.05) is 6.92 Å². The molecule has 1 saturated heterocycles. The number of thiazole rings is 1. The van der Waals surface area contributed by atoms with Crippen molar-refractivity contribution in [2.75, 3.05) is 26.2 Å². The van der Waals surface area contributed by atoms with Gasteiger partial charge in [-0.15, -0.1) is 11.3 Å². The molecule has 0 radical (unpaired) electrons. The molecule has 0 aliphatic carbocycles. The number of aromatic nitrogens is 1. The van der Waals surface area contributed by atoms with E-state index in [1.807, 2.05) is 6.92 Å². The molecule has 2 rings (SSSR count). The first-order valence-electron chi connectivity index (χ1n) is 8.30. The van der Waals surface area contributed by atoms with Gasteiger partial charge in [0.2, 0.25) is 5.91 Å². The number of nitrogens with two attached hydrogens (primary N) is 1. The van der Waals surface area contributed by atoms with E-state index in [1.54, 1.807) is 4.90 Å². The van der Waals surface area contributed by atoms with Gasteiger partial charge in [0.1, 0.15) is 4.88 Å². The number of nitrogens with one attached hydrogen (secondary N) is 1. The summed E-state index contributed by atoms with van der Waals surface area (Å²) in [5.74, 6) is -0.123. The van der Waals surface area contributed by atoms with E-state index in [4.69, 9.17) is 5.73 Å². The third-order valence-corrected chi connectivity index (χ3v) is 5.23. The van der Waals surface area contributed by atoms with Crippen molar-refractivity contribution in [1.82, 2.24) is 15.2 Å². The second-order valence-corrected chi connectivity index (χ2v) is 7.03. The van der Waals surface area contributed by atoms with Crippen LogP contribution >= 0.6 is 11.3 Å². The number of rotatable bonds is 6. The van der Waals surface area contributed by atoms with Gasteiger partial charge < -0.3 is 16.0 Å². The summed E-state index contributed by atoms with van der Waals surface area (Å²) >= 11 is 1.49. The molecular formula is C16H26N4O2S. The molecule has 6 nitrogen and oxygen atoms in total. The van der Waals surface area contributed by atoms with Gasteiger partial charge in [0.15, 0.2) is 0 Å². The molecule has 1 atom stereocenters. The third kappa shape index (κ3) is 4.51. The van der Waals surface area contributed by atoms with Gasteiger partial charge in [-0.3, -0.25) is 9.59 Å². The quantitative estimate of drug-likeness (QED) is 0.819. The largest absolute Gasteiger partial charge is 0.355 e. The van der Waals surface area contributed by atoms with Crippen molar-refractivity contribution < 1.29 is 9.59 Å². The lowest BCUT2D eigenvalue weighted by Crippen LogP contribution is -2.46. The van der Waals surface area contributed by atoms with Crippen molar-refractivity contribution in [3.8, 4) is 0 Å². The van der Waals surface area contributed by atoms with Crippen LogP contribution in [0.25, 0.3) is 0 Å². The van der Waals surface area contributed by atoms with E-state index >= 15 is 0 Å². The first kappa shape index (κ1) is 17.9. The summed E-state index contributed by atoms with van der Waals surface area (Å²) in [5, 5.41) is 3.84. The van der Waals surface area contributed by atoms with Gasteiger partial charge >= 0.3 is 0 Å². The summed E-state index contributed by atoms with van der Waals surface area (Å²) in [6, 6.07) is 0. The van der Waals surface area contributed by atoms with E-state index in [0.717, 1.165) is 41.3 Å². The predicted octanol–water partition coefficient (Wildman–Crippen LogP) is 1.33. The van der Waals surface area contributed by atoms with Gasteiger partial charge in [0, 0.05) is 26.2 Å². The molecule has 1 aromatic heterocycles. The standard InChI is InChI=1S/C16H26N4O2S/c1-3-5-13-19-11(2)14(23-13)16(22)20-9-4-6-12(10-20)15(21)18-8-7-17/h12H,3-10,17H2,1-2H3,(H,18,21). The minimum Gasteiger partial charge on any atom is -0.355 e. The first-order valence-corrected chi connectivity index (χ1v) is 9.11. The molecule has 0 aromatic carbocycles. The Hall–Kier alpha value is -1.47. The van der Waals surface area contributed by atoms with Gasteiger partial charge in [-0.05, 0) is 32.6 Å². The van der Waals surface area contributed by atoms with E-state index in [2.05, 4.69) is 17.2 Å². The minimum atomic E-state index is -0.136. The minimum absolute atomic E-state index is 0.000601. The van der Waals surface area contributed by atoms with Crippen LogP contribution in [-0.4, -0.2) is 47.9 Å². The number of hydrogen-bond acceptors (Lipinski definition) is 5. The number of aryl methyl sites for hydroxylation is 2. The number of amides is 2. The molecule has 3 N–H and O–H groups in total. The molecule has 2 amide bonds. The van der Waals surface area contributed by atoms with Crippen molar-refractivity contribution in [3.05, 3.63) is 15.6 Å². The van der Waals surface area contributed by atoms with Gasteiger partial charge in [-0.2, -0.15) is 0 Å². The molecular weight excluding hydrogens is 312 g/mol. The topological polar surface area (TPSA) is 88.3 Å². The Balaban J connectivity index is 2.03. The fraction of sp³-hybridized carbons (Fsp3) is 0.688. The summed E-state index contributed by atoms with van der Waals surface area (Å²) in [4.78, 5) is 31.9. The van der Waals surface area contributed by atoms with Crippen molar-refractivity contribution in [1.29, 1.82) is 0 Å². The first-order chi connectivity index (χ1) is 11.1. The Morgan fingerprint density at radius 3 is 2.96 bits per heavy atom. The lowest BCUT2D eigenvalue weighted by Gasteiger charge is -2.31. The van der Waals surface area contributed by atoms with Crippen molar-refractivity contribution in [2.45, 2.75) is 39.5 Å². The summed E-state index contributed by atoms with van der Waals surface area (Å²) in [6.45, 7) is 6.10. The maximum Gasteiger partial charge on any atom is 0.265 e. The van der Waals surface area contributed by atoms with Crippen molar-refractivity contribution >= 4 is 23.2 Å². The summed E-state index contributed by atoms with van der Waals surface area (Å²) < 4.78 is 0. The zero-order valence-corrected chi connectivity index (χ0v) is 14.7. The highest BCUT2D eigenvalue weighted by atomic mass is 32.1. The highest BCUT2D eigenvalue weighted by Crippen LogP contribution is 2.24. The maximum atomic E-state index is 12.8. The van der Waals surface area contributed by atoms with Crippen LogP contribution in [0.5, 0.6) is 0 Å². The summed E-state index contributed by atoms with van der Waals surface area (Å²) in [5.41, 5.74) is 6.22.